The molecule has 0 aliphatic carbocycles. The predicted molar refractivity (Wildman–Crippen MR) is 113 cm³/mol. The minimum atomic E-state index is -0.0404. The Hall–Kier alpha value is -3.54. The molecule has 0 radical (unpaired) electrons. The first-order valence-electron chi connectivity index (χ1n) is 9.96. The molecule has 1 aliphatic rings. The summed E-state index contributed by atoms with van der Waals surface area (Å²) in [5.74, 6) is 0.835. The summed E-state index contributed by atoms with van der Waals surface area (Å²) in [5, 5.41) is 4.04. The van der Waals surface area contributed by atoms with Crippen LogP contribution in [-0.2, 0) is 0 Å². The quantitative estimate of drug-likeness (QED) is 0.586. The van der Waals surface area contributed by atoms with Gasteiger partial charge in [0.25, 0.3) is 5.56 Å². The Morgan fingerprint density at radius 2 is 1.90 bits per heavy atom. The lowest BCUT2D eigenvalue weighted by Crippen LogP contribution is -2.32. The molecule has 1 N–H and O–H groups in total. The molecule has 29 heavy (non-hydrogen) atoms. The van der Waals surface area contributed by atoms with Crippen molar-refractivity contribution in [3.05, 3.63) is 76.4 Å². The van der Waals surface area contributed by atoms with Gasteiger partial charge >= 0.3 is 0 Å². The van der Waals surface area contributed by atoms with Gasteiger partial charge in [-0.05, 0) is 56.2 Å². The molecule has 0 saturated carbocycles. The molecule has 6 heteroatoms. The Morgan fingerprint density at radius 1 is 1.10 bits per heavy atom. The first-order chi connectivity index (χ1) is 14.3. The molecule has 2 aromatic carbocycles. The number of imidazole rings is 1. The fraction of sp³-hybridized carbons (Fsp3) is 0.217. The predicted octanol–water partition coefficient (Wildman–Crippen LogP) is 2.76. The molecular weight excluding hydrogens is 364 g/mol. The Bertz CT molecular complexity index is 1260. The van der Waals surface area contributed by atoms with Gasteiger partial charge in [0.2, 0.25) is 0 Å². The third-order valence-electron chi connectivity index (χ3n) is 5.24. The van der Waals surface area contributed by atoms with E-state index in [-0.39, 0.29) is 5.56 Å². The van der Waals surface area contributed by atoms with E-state index in [1.54, 1.807) is 4.68 Å². The van der Waals surface area contributed by atoms with Crippen LogP contribution in [0.4, 0.5) is 0 Å². The van der Waals surface area contributed by atoms with Gasteiger partial charge < -0.3 is 10.1 Å². The monoisotopic (exact) mass is 386 g/mol. The van der Waals surface area contributed by atoms with Crippen LogP contribution in [0.3, 0.4) is 0 Å². The topological polar surface area (TPSA) is 60.6 Å². The molecule has 0 spiro atoms. The number of aromatic nitrogens is 3. The van der Waals surface area contributed by atoms with Crippen molar-refractivity contribution in [1.82, 2.24) is 19.5 Å². The fourth-order valence-electron chi connectivity index (χ4n) is 3.90. The highest BCUT2D eigenvalue weighted by atomic mass is 16.5. The largest absolute Gasteiger partial charge is 0.494 e. The molecule has 5 rings (SSSR count). The Morgan fingerprint density at radius 3 is 2.59 bits per heavy atom. The van der Waals surface area contributed by atoms with Crippen LogP contribution in [0, 0.1) is 0 Å². The van der Waals surface area contributed by atoms with Gasteiger partial charge in [-0.3, -0.25) is 4.79 Å². The van der Waals surface area contributed by atoms with E-state index >= 15 is 0 Å². The van der Waals surface area contributed by atoms with Gasteiger partial charge in [-0.1, -0.05) is 18.2 Å². The lowest BCUT2D eigenvalue weighted by Gasteiger charge is -2.04. The average molecular weight is 386 g/mol. The Kier molecular flexibility index (Phi) is 4.31. The highest BCUT2D eigenvalue weighted by Crippen LogP contribution is 2.22. The zero-order valence-electron chi connectivity index (χ0n) is 16.3. The zero-order valence-corrected chi connectivity index (χ0v) is 16.3. The van der Waals surface area contributed by atoms with Crippen LogP contribution in [-0.4, -0.2) is 27.3 Å². The van der Waals surface area contributed by atoms with E-state index in [9.17, 15) is 4.79 Å². The van der Waals surface area contributed by atoms with Crippen molar-refractivity contribution in [2.75, 3.05) is 13.2 Å². The van der Waals surface area contributed by atoms with E-state index < -0.39 is 0 Å². The van der Waals surface area contributed by atoms with Gasteiger partial charge in [0.1, 0.15) is 11.0 Å². The zero-order chi connectivity index (χ0) is 19.8. The van der Waals surface area contributed by atoms with Gasteiger partial charge in [0, 0.05) is 17.8 Å². The molecule has 0 unspecified atom stereocenters. The molecule has 0 amide bonds. The Labute approximate surface area is 168 Å². The average Bonchev–Trinajstić information content (AvgIpc) is 3.46. The molecule has 0 atom stereocenters. The van der Waals surface area contributed by atoms with Crippen molar-refractivity contribution >= 4 is 11.3 Å². The van der Waals surface area contributed by atoms with E-state index in [1.165, 1.54) is 0 Å². The summed E-state index contributed by atoms with van der Waals surface area (Å²) in [6.45, 7) is 3.50. The number of nitrogens with one attached hydrogen (secondary N) is 1. The van der Waals surface area contributed by atoms with Crippen LogP contribution in [0.15, 0.2) is 65.6 Å². The summed E-state index contributed by atoms with van der Waals surface area (Å²) in [6, 6.07) is 17.6. The lowest BCUT2D eigenvalue weighted by molar-refractivity contribution is 0.340. The van der Waals surface area contributed by atoms with Gasteiger partial charge in [-0.2, -0.15) is 0 Å². The molecular formula is C23H22N4O2. The molecule has 2 aromatic heterocycles. The minimum absolute atomic E-state index is 0.0404. The first-order valence-corrected chi connectivity index (χ1v) is 9.96. The summed E-state index contributed by atoms with van der Waals surface area (Å²) in [5.41, 5.74) is 4.27. The summed E-state index contributed by atoms with van der Waals surface area (Å²) in [4.78, 5) is 18.2. The lowest BCUT2D eigenvalue weighted by atomic mass is 10.1. The van der Waals surface area contributed by atoms with Crippen molar-refractivity contribution in [2.24, 2.45) is 0 Å². The maximum atomic E-state index is 13.3. The fourth-order valence-corrected chi connectivity index (χ4v) is 3.90. The maximum Gasteiger partial charge on any atom is 0.283 e. The number of para-hydroxylation sites is 1. The number of ether oxygens (including phenoxy) is 1. The molecule has 1 fully saturated rings. The van der Waals surface area contributed by atoms with Gasteiger partial charge in [-0.15, -0.1) is 0 Å². The minimum Gasteiger partial charge on any atom is -0.494 e. The van der Waals surface area contributed by atoms with Crippen molar-refractivity contribution in [1.29, 1.82) is 0 Å². The number of hydrogen-bond acceptors (Lipinski definition) is 4. The van der Waals surface area contributed by atoms with Crippen LogP contribution in [0.25, 0.3) is 28.3 Å². The van der Waals surface area contributed by atoms with E-state index in [0.29, 0.717) is 17.5 Å². The maximum absolute atomic E-state index is 13.3. The van der Waals surface area contributed by atoms with Crippen LogP contribution in [0.2, 0.25) is 0 Å². The molecule has 0 bridgehead atoms. The molecule has 146 valence electrons. The number of rotatable bonds is 4. The van der Waals surface area contributed by atoms with Gasteiger partial charge in [-0.25, -0.2) is 14.2 Å². The van der Waals surface area contributed by atoms with E-state index in [2.05, 4.69) is 5.32 Å². The van der Waals surface area contributed by atoms with Crippen LogP contribution in [0.1, 0.15) is 19.8 Å². The summed E-state index contributed by atoms with van der Waals surface area (Å²) in [6.07, 6.45) is 3.83. The van der Waals surface area contributed by atoms with Gasteiger partial charge in [0.15, 0.2) is 5.65 Å². The third-order valence-corrected chi connectivity index (χ3v) is 5.24. The molecule has 6 nitrogen and oxygen atoms in total. The van der Waals surface area contributed by atoms with Crippen LogP contribution >= 0.6 is 0 Å². The summed E-state index contributed by atoms with van der Waals surface area (Å²) < 4.78 is 9.10. The van der Waals surface area contributed by atoms with E-state index in [4.69, 9.17) is 9.72 Å². The van der Waals surface area contributed by atoms with Crippen molar-refractivity contribution in [3.63, 3.8) is 0 Å². The van der Waals surface area contributed by atoms with Crippen molar-refractivity contribution in [2.45, 2.75) is 19.8 Å². The summed E-state index contributed by atoms with van der Waals surface area (Å²) >= 11 is 0. The molecule has 4 aromatic rings. The molecule has 1 saturated heterocycles. The Balaban J connectivity index is 1.74. The molecule has 3 heterocycles. The number of nitrogens with zero attached hydrogens (tertiary/aromatic N) is 3. The number of fused-ring (bicyclic) bond motifs is 1. The second kappa shape index (κ2) is 7.13. The molecule has 1 aliphatic heterocycles. The number of benzene rings is 2. The van der Waals surface area contributed by atoms with E-state index in [0.717, 1.165) is 47.8 Å². The van der Waals surface area contributed by atoms with Crippen molar-refractivity contribution in [3.8, 4) is 22.7 Å². The van der Waals surface area contributed by atoms with Crippen LogP contribution in [0.5, 0.6) is 5.75 Å². The number of hydrogen-bond donors (Lipinski definition) is 1. The smallest absolute Gasteiger partial charge is 0.283 e. The second-order valence-electron chi connectivity index (χ2n) is 7.09. The van der Waals surface area contributed by atoms with Gasteiger partial charge in [0.05, 0.1) is 24.2 Å². The normalized spacial score (nSPS) is 15.6. The van der Waals surface area contributed by atoms with E-state index in [1.807, 2.05) is 72.2 Å². The van der Waals surface area contributed by atoms with Crippen molar-refractivity contribution < 1.29 is 4.74 Å². The second-order valence-corrected chi connectivity index (χ2v) is 7.09. The highest BCUT2D eigenvalue weighted by Gasteiger charge is 2.20. The third kappa shape index (κ3) is 2.97. The van der Waals surface area contributed by atoms with Crippen LogP contribution < -0.4 is 20.8 Å². The highest BCUT2D eigenvalue weighted by molar-refractivity contribution is 5.66. The standard InChI is InChI=1S/C23H22N4O2/c1-2-29-18-12-10-16(11-13-18)20-15-26-22(25-20)21(19-9-6-14-24-19)23(28)27(26)17-7-4-3-5-8-17/h3-5,7-8,10-13,15,24H,2,6,9,14H2,1H3/b21-19-. The summed E-state index contributed by atoms with van der Waals surface area (Å²) in [7, 11) is 0. The first kappa shape index (κ1) is 17.6. The SMILES string of the molecule is CCOc1ccc(-c2cn3c(n2)/c(=C2\CCCN2)c(=O)n3-c2ccccc2)cc1.